The molecule has 2 aromatic carbocycles. The number of esters is 2. The van der Waals surface area contributed by atoms with Gasteiger partial charge in [0.25, 0.3) is 0 Å². The summed E-state index contributed by atoms with van der Waals surface area (Å²) < 4.78 is 9.74. The lowest BCUT2D eigenvalue weighted by Gasteiger charge is -2.06. The van der Waals surface area contributed by atoms with Crippen LogP contribution in [0.2, 0.25) is 0 Å². The van der Waals surface area contributed by atoms with Crippen LogP contribution in [0.3, 0.4) is 0 Å². The third-order valence-corrected chi connectivity index (χ3v) is 3.01. The van der Waals surface area contributed by atoms with Crippen molar-refractivity contribution in [3.63, 3.8) is 0 Å². The van der Waals surface area contributed by atoms with E-state index in [0.717, 1.165) is 16.3 Å². The van der Waals surface area contributed by atoms with E-state index in [1.807, 2.05) is 24.3 Å². The van der Waals surface area contributed by atoms with Crippen molar-refractivity contribution in [3.8, 4) is 5.75 Å². The van der Waals surface area contributed by atoms with E-state index in [1.165, 1.54) is 13.2 Å². The van der Waals surface area contributed by atoms with Gasteiger partial charge in [0.1, 0.15) is 5.75 Å². The fourth-order valence-corrected chi connectivity index (χ4v) is 1.84. The molecule has 0 saturated carbocycles. The second-order valence-corrected chi connectivity index (χ2v) is 4.79. The average molecular weight is 296 g/mol. The van der Waals surface area contributed by atoms with Crippen LogP contribution in [-0.2, 0) is 14.3 Å². The molecular weight excluding hydrogens is 280 g/mol. The minimum atomic E-state index is -0.447. The van der Waals surface area contributed by atoms with Crippen molar-refractivity contribution in [1.29, 1.82) is 0 Å². The van der Waals surface area contributed by atoms with Crippen molar-refractivity contribution in [2.45, 2.75) is 6.92 Å². The second kappa shape index (κ2) is 6.72. The maximum atomic E-state index is 11.5. The Morgan fingerprint density at radius 1 is 1.09 bits per heavy atom. The summed E-state index contributed by atoms with van der Waals surface area (Å²) in [5, 5.41) is 1.91. The topological polar surface area (TPSA) is 52.6 Å². The molecule has 0 aliphatic rings. The predicted octanol–water partition coefficient (Wildman–Crippen LogP) is 3.51. The van der Waals surface area contributed by atoms with Gasteiger partial charge >= 0.3 is 11.9 Å². The first-order valence-corrected chi connectivity index (χ1v) is 6.67. The summed E-state index contributed by atoms with van der Waals surface area (Å²) in [6.45, 7) is 5.15. The van der Waals surface area contributed by atoms with Gasteiger partial charge in [-0.3, -0.25) is 0 Å². The molecular formula is C18H16O4. The molecule has 0 spiro atoms. The van der Waals surface area contributed by atoms with E-state index in [2.05, 4.69) is 11.3 Å². The van der Waals surface area contributed by atoms with Crippen LogP contribution in [0.4, 0.5) is 0 Å². The first kappa shape index (κ1) is 15.5. The highest BCUT2D eigenvalue weighted by atomic mass is 16.5. The molecule has 0 unspecified atom stereocenters. The van der Waals surface area contributed by atoms with Gasteiger partial charge < -0.3 is 9.47 Å². The molecule has 0 fully saturated rings. The largest absolute Gasteiger partial charge is 0.466 e. The van der Waals surface area contributed by atoms with E-state index in [0.29, 0.717) is 11.3 Å². The Morgan fingerprint density at radius 3 is 2.45 bits per heavy atom. The van der Waals surface area contributed by atoms with Gasteiger partial charge in [0.15, 0.2) is 0 Å². The van der Waals surface area contributed by atoms with Crippen LogP contribution >= 0.6 is 0 Å². The Bertz CT molecular complexity index is 772. The molecule has 22 heavy (non-hydrogen) atoms. The van der Waals surface area contributed by atoms with E-state index >= 15 is 0 Å². The van der Waals surface area contributed by atoms with Crippen molar-refractivity contribution in [3.05, 3.63) is 60.2 Å². The minimum Gasteiger partial charge on any atom is -0.466 e. The number of hydrogen-bond acceptors (Lipinski definition) is 4. The zero-order valence-corrected chi connectivity index (χ0v) is 12.5. The Labute approximate surface area is 128 Å². The van der Waals surface area contributed by atoms with Crippen LogP contribution in [0.1, 0.15) is 12.5 Å². The molecule has 0 atom stereocenters. The first-order chi connectivity index (χ1) is 10.5. The Hall–Kier alpha value is -2.88. The number of ether oxygens (including phenoxy) is 2. The van der Waals surface area contributed by atoms with E-state index < -0.39 is 11.9 Å². The van der Waals surface area contributed by atoms with Crippen LogP contribution in [-0.4, -0.2) is 19.0 Å². The zero-order chi connectivity index (χ0) is 16.1. The van der Waals surface area contributed by atoms with Gasteiger partial charge in [-0.2, -0.15) is 0 Å². The van der Waals surface area contributed by atoms with E-state index in [1.54, 1.807) is 25.1 Å². The van der Waals surface area contributed by atoms with Crippen molar-refractivity contribution >= 4 is 28.8 Å². The van der Waals surface area contributed by atoms with Crippen LogP contribution in [0, 0.1) is 0 Å². The normalized spacial score (nSPS) is 10.6. The molecule has 0 aliphatic carbocycles. The molecule has 4 heteroatoms. The number of carbonyl (C=O) groups excluding carboxylic acids is 2. The molecule has 0 aromatic heterocycles. The maximum absolute atomic E-state index is 11.5. The molecule has 0 saturated heterocycles. The lowest BCUT2D eigenvalue weighted by molar-refractivity contribution is -0.134. The number of hydrogen-bond donors (Lipinski definition) is 0. The number of carbonyl (C=O) groups is 2. The maximum Gasteiger partial charge on any atom is 0.338 e. The summed E-state index contributed by atoms with van der Waals surface area (Å²) >= 11 is 0. The number of fused-ring (bicyclic) bond motifs is 1. The van der Waals surface area contributed by atoms with Gasteiger partial charge in [-0.05, 0) is 47.5 Å². The summed E-state index contributed by atoms with van der Waals surface area (Å²) in [4.78, 5) is 22.6. The summed E-state index contributed by atoms with van der Waals surface area (Å²) in [5.41, 5.74) is 1.23. The predicted molar refractivity (Wildman–Crippen MR) is 85.4 cm³/mol. The molecule has 112 valence electrons. The Kier molecular flexibility index (Phi) is 4.73. The molecule has 0 heterocycles. The van der Waals surface area contributed by atoms with Crippen LogP contribution in [0.15, 0.2) is 54.6 Å². The van der Waals surface area contributed by atoms with Gasteiger partial charge in [0.2, 0.25) is 0 Å². The van der Waals surface area contributed by atoms with Crippen LogP contribution < -0.4 is 4.74 Å². The van der Waals surface area contributed by atoms with Gasteiger partial charge in [-0.15, -0.1) is 0 Å². The third kappa shape index (κ3) is 3.82. The Morgan fingerprint density at radius 2 is 1.77 bits per heavy atom. The smallest absolute Gasteiger partial charge is 0.338 e. The molecule has 2 rings (SSSR count). The van der Waals surface area contributed by atoms with Crippen molar-refractivity contribution in [1.82, 2.24) is 0 Å². The summed E-state index contributed by atoms with van der Waals surface area (Å²) in [6, 6.07) is 11.0. The highest BCUT2D eigenvalue weighted by molar-refractivity contribution is 5.92. The van der Waals surface area contributed by atoms with Gasteiger partial charge in [-0.1, -0.05) is 24.8 Å². The molecule has 0 aliphatic heterocycles. The lowest BCUT2D eigenvalue weighted by atomic mass is 10.1. The Balaban J connectivity index is 2.25. The van der Waals surface area contributed by atoms with E-state index in [4.69, 9.17) is 4.74 Å². The van der Waals surface area contributed by atoms with E-state index in [9.17, 15) is 9.59 Å². The zero-order valence-electron chi connectivity index (χ0n) is 12.5. The molecule has 4 nitrogen and oxygen atoms in total. The number of benzene rings is 2. The monoisotopic (exact) mass is 296 g/mol. The van der Waals surface area contributed by atoms with Crippen LogP contribution in [0.25, 0.3) is 16.8 Å². The quantitative estimate of drug-likeness (QED) is 0.492. The lowest BCUT2D eigenvalue weighted by Crippen LogP contribution is -2.07. The highest BCUT2D eigenvalue weighted by Crippen LogP contribution is 2.23. The molecule has 0 bridgehead atoms. The minimum absolute atomic E-state index is 0.350. The highest BCUT2D eigenvalue weighted by Gasteiger charge is 2.06. The summed E-state index contributed by atoms with van der Waals surface area (Å²) in [5.74, 6) is -0.377. The second-order valence-electron chi connectivity index (χ2n) is 4.79. The van der Waals surface area contributed by atoms with Gasteiger partial charge in [-0.25, -0.2) is 9.59 Å². The molecule has 2 aromatic rings. The van der Waals surface area contributed by atoms with Crippen LogP contribution in [0.5, 0.6) is 5.75 Å². The first-order valence-electron chi connectivity index (χ1n) is 6.67. The molecule has 0 radical (unpaired) electrons. The third-order valence-electron chi connectivity index (χ3n) is 3.01. The van der Waals surface area contributed by atoms with Gasteiger partial charge in [0, 0.05) is 11.6 Å². The summed E-state index contributed by atoms with van der Waals surface area (Å²) in [7, 11) is 1.33. The molecule has 0 N–H and O–H groups in total. The van der Waals surface area contributed by atoms with Gasteiger partial charge in [0.05, 0.1) is 7.11 Å². The SMILES string of the molecule is C=C(C)C(=O)Oc1ccc2cc(C=CC(=O)OC)ccc2c1. The fourth-order valence-electron chi connectivity index (χ4n) is 1.84. The number of rotatable bonds is 4. The average Bonchev–Trinajstić information content (AvgIpc) is 2.52. The fraction of sp³-hybridized carbons (Fsp3) is 0.111. The standard InChI is InChI=1S/C18H16O4/c1-12(2)18(20)22-16-8-7-14-10-13(4-6-15(14)11-16)5-9-17(19)21-3/h4-11H,1H2,2-3H3. The van der Waals surface area contributed by atoms with Crippen molar-refractivity contribution in [2.75, 3.05) is 7.11 Å². The summed E-state index contributed by atoms with van der Waals surface area (Å²) in [6.07, 6.45) is 3.05. The van der Waals surface area contributed by atoms with Crippen molar-refractivity contribution < 1.29 is 19.1 Å². The van der Waals surface area contributed by atoms with E-state index in [-0.39, 0.29) is 0 Å². The molecule has 0 amide bonds. The van der Waals surface area contributed by atoms with Crippen molar-refractivity contribution in [2.24, 2.45) is 0 Å². The number of methoxy groups -OCH3 is 1.